The summed E-state index contributed by atoms with van der Waals surface area (Å²) in [5, 5.41) is 28.9. The summed E-state index contributed by atoms with van der Waals surface area (Å²) in [6, 6.07) is -3.95. The standard InChI is InChI=1S/C21H32N6O7/c1-11(2)17(27-18(30)13-4-3-7-23-13)20(32)26-15(8-12-9-22-10-24-12)19(31)25-14(21(33)34)5-6-16(28)29/h9-11,13-15,17,23H,3-8H2,1-2H3,(H,22,24)(H,25,31)(H,26,32)(H,27,30)(H,28,29)(H,33,34). The Hall–Kier alpha value is -3.48. The number of nitrogens with one attached hydrogen (secondary N) is 5. The number of hydrogen-bond acceptors (Lipinski definition) is 7. The minimum Gasteiger partial charge on any atom is -0.481 e. The van der Waals surface area contributed by atoms with Gasteiger partial charge in [0, 0.05) is 24.7 Å². The molecule has 7 N–H and O–H groups in total. The third-order valence-electron chi connectivity index (χ3n) is 5.50. The maximum atomic E-state index is 13.1. The summed E-state index contributed by atoms with van der Waals surface area (Å²) in [5.74, 6) is -4.58. The van der Waals surface area contributed by atoms with E-state index >= 15 is 0 Å². The number of rotatable bonds is 13. The van der Waals surface area contributed by atoms with Crippen LogP contribution in [0.4, 0.5) is 0 Å². The van der Waals surface area contributed by atoms with Gasteiger partial charge in [0.2, 0.25) is 17.7 Å². The summed E-state index contributed by atoms with van der Waals surface area (Å²) in [7, 11) is 0. The minimum absolute atomic E-state index is 0.0220. The molecule has 1 aliphatic heterocycles. The number of carbonyl (C=O) groups excluding carboxylic acids is 3. The van der Waals surface area contributed by atoms with Crippen LogP contribution in [-0.4, -0.2) is 80.6 Å². The lowest BCUT2D eigenvalue weighted by atomic mass is 10.0. The Balaban J connectivity index is 2.13. The van der Waals surface area contributed by atoms with Crippen molar-refractivity contribution in [2.45, 2.75) is 70.1 Å². The molecule has 13 nitrogen and oxygen atoms in total. The molecule has 0 radical (unpaired) electrons. The van der Waals surface area contributed by atoms with Gasteiger partial charge in [-0.1, -0.05) is 13.8 Å². The molecule has 4 unspecified atom stereocenters. The van der Waals surface area contributed by atoms with Crippen LogP contribution in [0.25, 0.3) is 0 Å². The Morgan fingerprint density at radius 2 is 1.79 bits per heavy atom. The largest absolute Gasteiger partial charge is 0.481 e. The van der Waals surface area contributed by atoms with E-state index in [1.54, 1.807) is 13.8 Å². The molecule has 1 aromatic rings. The van der Waals surface area contributed by atoms with Crippen LogP contribution in [-0.2, 0) is 30.4 Å². The van der Waals surface area contributed by atoms with Gasteiger partial charge in [-0.3, -0.25) is 19.2 Å². The van der Waals surface area contributed by atoms with Gasteiger partial charge in [-0.2, -0.15) is 0 Å². The number of carbonyl (C=O) groups is 5. The summed E-state index contributed by atoms with van der Waals surface area (Å²) >= 11 is 0. The van der Waals surface area contributed by atoms with E-state index in [9.17, 15) is 29.1 Å². The number of hydrogen-bond donors (Lipinski definition) is 7. The van der Waals surface area contributed by atoms with E-state index in [0.29, 0.717) is 12.1 Å². The zero-order valence-electron chi connectivity index (χ0n) is 19.2. The molecule has 0 saturated carbocycles. The number of nitrogens with zero attached hydrogens (tertiary/aromatic N) is 1. The van der Waals surface area contributed by atoms with E-state index in [1.165, 1.54) is 12.5 Å². The van der Waals surface area contributed by atoms with Crippen LogP contribution >= 0.6 is 0 Å². The molecule has 2 rings (SSSR count). The molecule has 0 aliphatic carbocycles. The molecular weight excluding hydrogens is 448 g/mol. The van der Waals surface area contributed by atoms with Crippen LogP contribution in [0.5, 0.6) is 0 Å². The minimum atomic E-state index is -1.45. The normalized spacial score (nSPS) is 18.0. The van der Waals surface area contributed by atoms with E-state index in [4.69, 9.17) is 5.11 Å². The number of H-pyrrole nitrogens is 1. The Labute approximate surface area is 196 Å². The lowest BCUT2D eigenvalue weighted by Gasteiger charge is -2.27. The van der Waals surface area contributed by atoms with E-state index in [2.05, 4.69) is 31.2 Å². The maximum Gasteiger partial charge on any atom is 0.326 e. The number of imidazole rings is 1. The summed E-state index contributed by atoms with van der Waals surface area (Å²) in [4.78, 5) is 67.5. The third-order valence-corrected chi connectivity index (χ3v) is 5.50. The molecule has 1 aromatic heterocycles. The summed E-state index contributed by atoms with van der Waals surface area (Å²) < 4.78 is 0. The lowest BCUT2D eigenvalue weighted by molar-refractivity contribution is -0.143. The first kappa shape index (κ1) is 26.8. The van der Waals surface area contributed by atoms with Crippen LogP contribution in [0.15, 0.2) is 12.5 Å². The van der Waals surface area contributed by atoms with Crippen LogP contribution in [0.2, 0.25) is 0 Å². The highest BCUT2D eigenvalue weighted by Crippen LogP contribution is 2.09. The number of aromatic nitrogens is 2. The van der Waals surface area contributed by atoms with Gasteiger partial charge in [-0.25, -0.2) is 9.78 Å². The fraction of sp³-hybridized carbons (Fsp3) is 0.619. The second kappa shape index (κ2) is 12.7. The molecule has 1 aliphatic rings. The fourth-order valence-corrected chi connectivity index (χ4v) is 3.58. The van der Waals surface area contributed by atoms with E-state index in [1.807, 2.05) is 0 Å². The number of amides is 3. The van der Waals surface area contributed by atoms with E-state index < -0.39 is 48.3 Å². The maximum absolute atomic E-state index is 13.1. The Bertz CT molecular complexity index is 867. The first-order valence-corrected chi connectivity index (χ1v) is 11.1. The smallest absolute Gasteiger partial charge is 0.326 e. The second-order valence-corrected chi connectivity index (χ2v) is 8.55. The highest BCUT2D eigenvalue weighted by molar-refractivity contribution is 5.94. The summed E-state index contributed by atoms with van der Waals surface area (Å²) in [6.45, 7) is 4.22. The molecule has 13 heteroatoms. The van der Waals surface area contributed by atoms with Gasteiger partial charge in [0.05, 0.1) is 12.4 Å². The molecule has 1 fully saturated rings. The lowest BCUT2D eigenvalue weighted by Crippen LogP contribution is -2.58. The Morgan fingerprint density at radius 3 is 2.32 bits per heavy atom. The third kappa shape index (κ3) is 8.14. The Morgan fingerprint density at radius 1 is 1.09 bits per heavy atom. The molecule has 188 valence electrons. The SMILES string of the molecule is CC(C)C(NC(=O)C1CCCN1)C(=O)NC(Cc1cnc[nH]1)C(=O)NC(CCC(=O)O)C(=O)O. The number of aliphatic carboxylic acids is 2. The van der Waals surface area contributed by atoms with Crippen LogP contribution in [0.1, 0.15) is 45.2 Å². The van der Waals surface area contributed by atoms with Crippen molar-refractivity contribution in [2.24, 2.45) is 5.92 Å². The molecule has 0 spiro atoms. The first-order valence-electron chi connectivity index (χ1n) is 11.1. The van der Waals surface area contributed by atoms with Crippen molar-refractivity contribution < 1.29 is 34.2 Å². The molecule has 1 saturated heterocycles. The van der Waals surface area contributed by atoms with E-state index in [0.717, 1.165) is 13.0 Å². The van der Waals surface area contributed by atoms with Crippen LogP contribution < -0.4 is 21.3 Å². The second-order valence-electron chi connectivity index (χ2n) is 8.55. The molecule has 3 amide bonds. The highest BCUT2D eigenvalue weighted by Gasteiger charge is 2.33. The number of carboxylic acids is 2. The van der Waals surface area contributed by atoms with Crippen molar-refractivity contribution in [1.29, 1.82) is 0 Å². The van der Waals surface area contributed by atoms with Gasteiger partial charge in [0.25, 0.3) is 0 Å². The number of aromatic amines is 1. The topological polar surface area (TPSA) is 203 Å². The van der Waals surface area contributed by atoms with Crippen molar-refractivity contribution in [3.63, 3.8) is 0 Å². The fourth-order valence-electron chi connectivity index (χ4n) is 3.58. The monoisotopic (exact) mass is 480 g/mol. The predicted octanol–water partition coefficient (Wildman–Crippen LogP) is -1.24. The average Bonchev–Trinajstić information content (AvgIpc) is 3.47. The van der Waals surface area contributed by atoms with Crippen molar-refractivity contribution in [2.75, 3.05) is 6.54 Å². The predicted molar refractivity (Wildman–Crippen MR) is 118 cm³/mol. The van der Waals surface area contributed by atoms with Crippen LogP contribution in [0, 0.1) is 5.92 Å². The summed E-state index contributed by atoms with van der Waals surface area (Å²) in [5.41, 5.74) is 0.512. The molecule has 4 atom stereocenters. The van der Waals surface area contributed by atoms with Crippen LogP contribution in [0.3, 0.4) is 0 Å². The van der Waals surface area contributed by atoms with Gasteiger partial charge in [0.15, 0.2) is 0 Å². The zero-order chi connectivity index (χ0) is 25.3. The van der Waals surface area contributed by atoms with Gasteiger partial charge >= 0.3 is 11.9 Å². The van der Waals surface area contributed by atoms with Gasteiger partial charge < -0.3 is 36.5 Å². The van der Waals surface area contributed by atoms with Crippen molar-refractivity contribution in [3.05, 3.63) is 18.2 Å². The zero-order valence-corrected chi connectivity index (χ0v) is 19.2. The molecule has 34 heavy (non-hydrogen) atoms. The molecule has 2 heterocycles. The Kier molecular flexibility index (Phi) is 9.98. The van der Waals surface area contributed by atoms with Gasteiger partial charge in [-0.05, 0) is 31.7 Å². The summed E-state index contributed by atoms with van der Waals surface area (Å²) in [6.07, 6.45) is 3.58. The molecule has 0 aromatic carbocycles. The number of carboxylic acid groups (broad SMARTS) is 2. The van der Waals surface area contributed by atoms with E-state index in [-0.39, 0.29) is 30.7 Å². The van der Waals surface area contributed by atoms with Gasteiger partial charge in [-0.15, -0.1) is 0 Å². The molecule has 0 bridgehead atoms. The van der Waals surface area contributed by atoms with Crippen molar-refractivity contribution >= 4 is 29.7 Å². The van der Waals surface area contributed by atoms with Crippen molar-refractivity contribution in [1.82, 2.24) is 31.2 Å². The highest BCUT2D eigenvalue weighted by atomic mass is 16.4. The average molecular weight is 481 g/mol. The van der Waals surface area contributed by atoms with Gasteiger partial charge in [0.1, 0.15) is 18.1 Å². The quantitative estimate of drug-likeness (QED) is 0.180. The first-order chi connectivity index (χ1) is 16.1. The van der Waals surface area contributed by atoms with Crippen molar-refractivity contribution in [3.8, 4) is 0 Å². The molecular formula is C21H32N6O7.